The molecule has 2 heterocycles. The number of aromatic carboxylic acids is 2. The molecule has 0 aliphatic carbocycles. The molecular formula is C28H14N2O8. The monoisotopic (exact) mass is 506 g/mol. The minimum atomic E-state index is -1.15. The lowest BCUT2D eigenvalue weighted by molar-refractivity contribution is 0.0686. The second kappa shape index (κ2) is 7.93. The van der Waals surface area contributed by atoms with Crippen LogP contribution in [0.4, 0.5) is 11.4 Å². The summed E-state index contributed by atoms with van der Waals surface area (Å²) in [5.41, 5.74) is 0.779. The Hall–Kier alpha value is -5.64. The number of hydrogen-bond acceptors (Lipinski definition) is 6. The molecule has 6 rings (SSSR count). The highest BCUT2D eigenvalue weighted by atomic mass is 16.4. The molecule has 0 unspecified atom stereocenters. The van der Waals surface area contributed by atoms with Gasteiger partial charge in [-0.3, -0.25) is 19.2 Å². The van der Waals surface area contributed by atoms with Crippen molar-refractivity contribution < 1.29 is 39.0 Å². The highest BCUT2D eigenvalue weighted by Crippen LogP contribution is 2.40. The van der Waals surface area contributed by atoms with Gasteiger partial charge in [0, 0.05) is 33.0 Å². The van der Waals surface area contributed by atoms with E-state index in [1.54, 1.807) is 0 Å². The Morgan fingerprint density at radius 2 is 0.711 bits per heavy atom. The molecular weight excluding hydrogens is 492 g/mol. The first-order valence-corrected chi connectivity index (χ1v) is 11.2. The van der Waals surface area contributed by atoms with Crippen molar-refractivity contribution in [2.75, 3.05) is 9.80 Å². The molecule has 2 N–H and O–H groups in total. The summed E-state index contributed by atoms with van der Waals surface area (Å²) in [7, 11) is 0. The molecule has 0 fully saturated rings. The lowest BCUT2D eigenvalue weighted by atomic mass is 9.85. The summed E-state index contributed by atoms with van der Waals surface area (Å²) in [4.78, 5) is 78.1. The Labute approximate surface area is 212 Å². The molecule has 0 saturated heterocycles. The first-order chi connectivity index (χ1) is 18.2. The molecule has 10 nitrogen and oxygen atoms in total. The standard InChI is InChI=1S/C28H14N2O8/c31-23-17-9-11-19-22-20(26(34)30(25(19)33)16-7-3-14(4-8-16)28(37)38)12-10-18(21(17)22)24(32)29(23)15-5-1-13(2-6-15)27(35)36/h1-12H,(H,35,36)(H,37,38). The number of anilines is 2. The van der Waals surface area contributed by atoms with E-state index < -0.39 is 35.6 Å². The smallest absolute Gasteiger partial charge is 0.335 e. The third-order valence-corrected chi connectivity index (χ3v) is 6.64. The van der Waals surface area contributed by atoms with E-state index in [0.717, 1.165) is 9.80 Å². The van der Waals surface area contributed by atoms with Gasteiger partial charge in [-0.25, -0.2) is 19.4 Å². The lowest BCUT2D eigenvalue weighted by Crippen LogP contribution is -2.43. The second-order valence-electron chi connectivity index (χ2n) is 8.67. The summed E-state index contributed by atoms with van der Waals surface area (Å²) in [5.74, 6) is -5.03. The molecule has 184 valence electrons. The molecule has 0 bridgehead atoms. The Kier molecular flexibility index (Phi) is 4.76. The Balaban J connectivity index is 1.48. The summed E-state index contributed by atoms with van der Waals surface area (Å²) < 4.78 is 0. The van der Waals surface area contributed by atoms with Gasteiger partial charge < -0.3 is 10.2 Å². The van der Waals surface area contributed by atoms with E-state index in [2.05, 4.69) is 0 Å². The van der Waals surface area contributed by atoms with Crippen LogP contribution in [0.1, 0.15) is 62.1 Å². The molecule has 0 spiro atoms. The van der Waals surface area contributed by atoms with Crippen molar-refractivity contribution in [3.05, 3.63) is 106 Å². The van der Waals surface area contributed by atoms with E-state index in [9.17, 15) is 28.8 Å². The van der Waals surface area contributed by atoms with E-state index in [1.807, 2.05) is 0 Å². The maximum Gasteiger partial charge on any atom is 0.335 e. The zero-order valence-electron chi connectivity index (χ0n) is 19.2. The van der Waals surface area contributed by atoms with Crippen LogP contribution in [-0.2, 0) is 0 Å². The maximum atomic E-state index is 13.5. The number of carboxylic acids is 2. The van der Waals surface area contributed by atoms with Crippen molar-refractivity contribution in [3.8, 4) is 0 Å². The number of imide groups is 2. The van der Waals surface area contributed by atoms with Crippen LogP contribution in [0.5, 0.6) is 0 Å². The van der Waals surface area contributed by atoms with Gasteiger partial charge >= 0.3 is 11.9 Å². The number of rotatable bonds is 4. The zero-order chi connectivity index (χ0) is 26.9. The van der Waals surface area contributed by atoms with Crippen molar-refractivity contribution in [2.45, 2.75) is 0 Å². The molecule has 10 heteroatoms. The van der Waals surface area contributed by atoms with Crippen molar-refractivity contribution in [1.82, 2.24) is 0 Å². The number of carbonyl (C=O) groups excluding carboxylic acids is 4. The molecule has 38 heavy (non-hydrogen) atoms. The molecule has 0 atom stereocenters. The third kappa shape index (κ3) is 3.07. The molecule has 2 aliphatic rings. The zero-order valence-corrected chi connectivity index (χ0v) is 19.2. The van der Waals surface area contributed by atoms with Crippen LogP contribution in [0.15, 0.2) is 72.8 Å². The van der Waals surface area contributed by atoms with Crippen LogP contribution in [0.2, 0.25) is 0 Å². The van der Waals surface area contributed by atoms with Crippen LogP contribution < -0.4 is 9.80 Å². The van der Waals surface area contributed by atoms with Crippen LogP contribution in [-0.4, -0.2) is 45.8 Å². The van der Waals surface area contributed by atoms with E-state index in [1.165, 1.54) is 72.8 Å². The predicted molar refractivity (Wildman–Crippen MR) is 133 cm³/mol. The number of benzene rings is 4. The van der Waals surface area contributed by atoms with Gasteiger partial charge in [-0.05, 0) is 72.8 Å². The number of hydrogen-bond donors (Lipinski definition) is 2. The summed E-state index contributed by atoms with van der Waals surface area (Å²) in [6, 6.07) is 16.2. The Morgan fingerprint density at radius 3 is 0.947 bits per heavy atom. The summed E-state index contributed by atoms with van der Waals surface area (Å²) in [5, 5.41) is 18.7. The predicted octanol–water partition coefficient (Wildman–Crippen LogP) is 3.84. The Bertz CT molecular complexity index is 1590. The number of amides is 4. The van der Waals surface area contributed by atoms with Crippen molar-refractivity contribution in [3.63, 3.8) is 0 Å². The molecule has 0 saturated carbocycles. The average molecular weight is 506 g/mol. The Morgan fingerprint density at radius 1 is 0.447 bits per heavy atom. The fraction of sp³-hybridized carbons (Fsp3) is 0. The topological polar surface area (TPSA) is 149 Å². The normalized spacial score (nSPS) is 14.3. The lowest BCUT2D eigenvalue weighted by Gasteiger charge is -2.32. The second-order valence-corrected chi connectivity index (χ2v) is 8.67. The first kappa shape index (κ1) is 22.8. The largest absolute Gasteiger partial charge is 0.478 e. The first-order valence-electron chi connectivity index (χ1n) is 11.2. The number of carbonyl (C=O) groups is 6. The molecule has 4 aromatic carbocycles. The quantitative estimate of drug-likeness (QED) is 0.397. The molecule has 2 aliphatic heterocycles. The van der Waals surface area contributed by atoms with Crippen molar-refractivity contribution >= 4 is 57.7 Å². The highest BCUT2D eigenvalue weighted by molar-refractivity contribution is 6.42. The van der Waals surface area contributed by atoms with Crippen LogP contribution >= 0.6 is 0 Å². The molecule has 0 aromatic heterocycles. The number of nitrogens with zero attached hydrogens (tertiary/aromatic N) is 2. The average Bonchev–Trinajstić information content (AvgIpc) is 2.91. The van der Waals surface area contributed by atoms with Crippen LogP contribution in [0, 0.1) is 0 Å². The van der Waals surface area contributed by atoms with Gasteiger partial charge in [0.25, 0.3) is 23.6 Å². The highest BCUT2D eigenvalue weighted by Gasteiger charge is 2.40. The van der Waals surface area contributed by atoms with Gasteiger partial charge in [-0.1, -0.05) is 0 Å². The summed E-state index contributed by atoms with van der Waals surface area (Å²) >= 11 is 0. The van der Waals surface area contributed by atoms with Gasteiger partial charge in [0.2, 0.25) is 0 Å². The van der Waals surface area contributed by atoms with E-state index >= 15 is 0 Å². The minimum absolute atomic E-state index is 0.0104. The third-order valence-electron chi connectivity index (χ3n) is 6.64. The van der Waals surface area contributed by atoms with E-state index in [0.29, 0.717) is 0 Å². The van der Waals surface area contributed by atoms with Crippen molar-refractivity contribution in [2.24, 2.45) is 0 Å². The summed E-state index contributed by atoms with van der Waals surface area (Å²) in [6.45, 7) is 0. The summed E-state index contributed by atoms with van der Waals surface area (Å²) in [6.07, 6.45) is 0. The van der Waals surface area contributed by atoms with Gasteiger partial charge in [-0.2, -0.15) is 0 Å². The van der Waals surface area contributed by atoms with Gasteiger partial charge in [-0.15, -0.1) is 0 Å². The van der Waals surface area contributed by atoms with Gasteiger partial charge in [0.05, 0.1) is 22.5 Å². The van der Waals surface area contributed by atoms with Crippen LogP contribution in [0.25, 0.3) is 10.8 Å². The fourth-order valence-electron chi connectivity index (χ4n) is 4.85. The molecule has 4 aromatic rings. The molecule has 0 radical (unpaired) electrons. The maximum absolute atomic E-state index is 13.5. The van der Waals surface area contributed by atoms with Gasteiger partial charge in [0.15, 0.2) is 0 Å². The fourth-order valence-corrected chi connectivity index (χ4v) is 4.85. The molecule has 4 amide bonds. The SMILES string of the molecule is O=C(O)c1ccc(N2C(=O)c3ccc4c5c(ccc(c35)C2=O)C(=O)N(c2ccc(C(=O)O)cc2)C4=O)cc1. The van der Waals surface area contributed by atoms with Gasteiger partial charge in [0.1, 0.15) is 0 Å². The minimum Gasteiger partial charge on any atom is -0.478 e. The number of carboxylic acid groups (broad SMARTS) is 2. The van der Waals surface area contributed by atoms with Crippen molar-refractivity contribution in [1.29, 1.82) is 0 Å². The van der Waals surface area contributed by atoms with Crippen LogP contribution in [0.3, 0.4) is 0 Å². The van der Waals surface area contributed by atoms with E-state index in [4.69, 9.17) is 10.2 Å². The van der Waals surface area contributed by atoms with E-state index in [-0.39, 0.29) is 55.5 Å².